The topological polar surface area (TPSA) is 55.6 Å². The van der Waals surface area contributed by atoms with Crippen LogP contribution in [-0.4, -0.2) is 36.6 Å². The minimum Gasteiger partial charge on any atom is -0.487 e. The third kappa shape index (κ3) is 4.94. The second kappa shape index (κ2) is 7.34. The number of halogens is 1. The maximum Gasteiger partial charge on any atom is 0.313 e. The zero-order chi connectivity index (χ0) is 14.3. The minimum atomic E-state index is -0.664. The van der Waals surface area contributed by atoms with Crippen molar-refractivity contribution < 1.29 is 14.1 Å². The summed E-state index contributed by atoms with van der Waals surface area (Å²) in [4.78, 5) is 12.0. The van der Waals surface area contributed by atoms with Crippen LogP contribution in [0.15, 0.2) is 18.2 Å². The molecule has 0 bridgehead atoms. The molecule has 0 spiro atoms. The highest BCUT2D eigenvalue weighted by Gasteiger charge is 2.15. The summed E-state index contributed by atoms with van der Waals surface area (Å²) >= 11 is 0. The van der Waals surface area contributed by atoms with E-state index >= 15 is 0 Å². The van der Waals surface area contributed by atoms with Gasteiger partial charge in [-0.15, -0.1) is 6.42 Å². The van der Waals surface area contributed by atoms with Crippen molar-refractivity contribution in [3.05, 3.63) is 34.1 Å². The van der Waals surface area contributed by atoms with Crippen molar-refractivity contribution in [2.24, 2.45) is 0 Å². The monoisotopic (exact) mass is 266 g/mol. The molecule has 6 heteroatoms. The fourth-order valence-corrected chi connectivity index (χ4v) is 1.51. The van der Waals surface area contributed by atoms with E-state index in [1.54, 1.807) is 0 Å². The molecular formula is C13H15FN2O3. The average Bonchev–Trinajstić information content (AvgIpc) is 2.36. The van der Waals surface area contributed by atoms with Gasteiger partial charge in [-0.25, -0.2) is 4.39 Å². The summed E-state index contributed by atoms with van der Waals surface area (Å²) in [6.07, 6.45) is 5.83. The summed E-state index contributed by atoms with van der Waals surface area (Å²) in [6, 6.07) is 3.24. The molecule has 1 aromatic carbocycles. The van der Waals surface area contributed by atoms with Crippen LogP contribution in [0.5, 0.6) is 5.75 Å². The summed E-state index contributed by atoms with van der Waals surface area (Å²) in [5.74, 6) is 1.93. The highest BCUT2D eigenvalue weighted by Crippen LogP contribution is 2.27. The Balaban J connectivity index is 2.50. The summed E-state index contributed by atoms with van der Waals surface area (Å²) in [5, 5.41) is 10.7. The van der Waals surface area contributed by atoms with Crippen molar-refractivity contribution in [2.75, 3.05) is 26.7 Å². The van der Waals surface area contributed by atoms with Gasteiger partial charge in [0.15, 0.2) is 5.75 Å². The molecule has 0 unspecified atom stereocenters. The number of rotatable bonds is 7. The molecule has 0 aromatic heterocycles. The maximum absolute atomic E-state index is 12.9. The number of hydrogen-bond donors (Lipinski definition) is 0. The number of benzene rings is 1. The number of terminal acetylenes is 1. The first-order valence-electron chi connectivity index (χ1n) is 5.73. The van der Waals surface area contributed by atoms with E-state index in [4.69, 9.17) is 11.2 Å². The van der Waals surface area contributed by atoms with Crippen LogP contribution in [-0.2, 0) is 0 Å². The van der Waals surface area contributed by atoms with Gasteiger partial charge in [0, 0.05) is 6.54 Å². The van der Waals surface area contributed by atoms with E-state index in [1.807, 2.05) is 11.9 Å². The first kappa shape index (κ1) is 14.9. The molecule has 0 N–H and O–H groups in total. The largest absolute Gasteiger partial charge is 0.487 e. The Morgan fingerprint density at radius 2 is 2.32 bits per heavy atom. The fourth-order valence-electron chi connectivity index (χ4n) is 1.51. The van der Waals surface area contributed by atoms with Crippen LogP contribution in [0.1, 0.15) is 6.42 Å². The third-order valence-electron chi connectivity index (χ3n) is 2.42. The van der Waals surface area contributed by atoms with E-state index in [9.17, 15) is 14.5 Å². The van der Waals surface area contributed by atoms with Gasteiger partial charge in [-0.1, -0.05) is 5.92 Å². The van der Waals surface area contributed by atoms with Gasteiger partial charge in [0.2, 0.25) is 0 Å². The number of nitro groups is 1. The SMILES string of the molecule is C#CCN(C)CCCOc1ccc(F)cc1[N+](=O)[O-]. The lowest BCUT2D eigenvalue weighted by molar-refractivity contribution is -0.386. The van der Waals surface area contributed by atoms with Crippen LogP contribution in [0.3, 0.4) is 0 Å². The van der Waals surface area contributed by atoms with Crippen LogP contribution in [0.2, 0.25) is 0 Å². The van der Waals surface area contributed by atoms with Crippen LogP contribution in [0, 0.1) is 28.3 Å². The summed E-state index contributed by atoms with van der Waals surface area (Å²) < 4.78 is 18.2. The number of nitrogens with zero attached hydrogens (tertiary/aromatic N) is 2. The normalized spacial score (nSPS) is 10.2. The molecule has 0 fully saturated rings. The Labute approximate surface area is 111 Å². The van der Waals surface area contributed by atoms with Crippen molar-refractivity contribution >= 4 is 5.69 Å². The lowest BCUT2D eigenvalue weighted by Crippen LogP contribution is -2.21. The molecule has 0 heterocycles. The van der Waals surface area contributed by atoms with Gasteiger partial charge in [-0.3, -0.25) is 15.0 Å². The number of ether oxygens (including phenoxy) is 1. The van der Waals surface area contributed by atoms with Gasteiger partial charge in [0.25, 0.3) is 0 Å². The van der Waals surface area contributed by atoms with E-state index in [-0.39, 0.29) is 11.4 Å². The van der Waals surface area contributed by atoms with Crippen molar-refractivity contribution in [1.82, 2.24) is 4.90 Å². The molecule has 0 radical (unpaired) electrons. The molecule has 0 aliphatic rings. The van der Waals surface area contributed by atoms with E-state index in [0.29, 0.717) is 19.6 Å². The molecule has 0 saturated heterocycles. The van der Waals surface area contributed by atoms with Crippen LogP contribution < -0.4 is 4.74 Å². The summed E-state index contributed by atoms with van der Waals surface area (Å²) in [5.41, 5.74) is -0.364. The van der Waals surface area contributed by atoms with Gasteiger partial charge in [0.1, 0.15) is 5.82 Å². The molecular weight excluding hydrogens is 251 g/mol. The Morgan fingerprint density at radius 3 is 2.95 bits per heavy atom. The minimum absolute atomic E-state index is 0.0750. The Morgan fingerprint density at radius 1 is 1.58 bits per heavy atom. The Bertz CT molecular complexity index is 485. The van der Waals surface area contributed by atoms with E-state index < -0.39 is 10.7 Å². The predicted octanol–water partition coefficient (Wildman–Crippen LogP) is 2.07. The summed E-state index contributed by atoms with van der Waals surface area (Å²) in [7, 11) is 1.88. The molecule has 0 aliphatic carbocycles. The van der Waals surface area contributed by atoms with Crippen molar-refractivity contribution in [2.45, 2.75) is 6.42 Å². The van der Waals surface area contributed by atoms with Crippen LogP contribution in [0.25, 0.3) is 0 Å². The highest BCUT2D eigenvalue weighted by atomic mass is 19.1. The Kier molecular flexibility index (Phi) is 5.76. The lowest BCUT2D eigenvalue weighted by atomic mass is 10.3. The molecule has 1 aromatic rings. The van der Waals surface area contributed by atoms with Gasteiger partial charge >= 0.3 is 5.69 Å². The maximum atomic E-state index is 12.9. The van der Waals surface area contributed by atoms with Gasteiger partial charge in [-0.05, 0) is 25.6 Å². The molecule has 0 aliphatic heterocycles. The Hall–Kier alpha value is -2.13. The van der Waals surface area contributed by atoms with Gasteiger partial charge in [-0.2, -0.15) is 0 Å². The van der Waals surface area contributed by atoms with Crippen molar-refractivity contribution in [3.8, 4) is 18.1 Å². The lowest BCUT2D eigenvalue weighted by Gasteiger charge is -2.13. The smallest absolute Gasteiger partial charge is 0.313 e. The highest BCUT2D eigenvalue weighted by molar-refractivity contribution is 5.46. The first-order chi connectivity index (χ1) is 9.04. The van der Waals surface area contributed by atoms with E-state index in [2.05, 4.69) is 5.92 Å². The zero-order valence-electron chi connectivity index (χ0n) is 10.6. The summed E-state index contributed by atoms with van der Waals surface area (Å²) in [6.45, 7) is 1.57. The van der Waals surface area contributed by atoms with Gasteiger partial charge in [0.05, 0.1) is 24.1 Å². The molecule has 0 amide bonds. The molecule has 0 saturated carbocycles. The van der Waals surface area contributed by atoms with Crippen molar-refractivity contribution in [3.63, 3.8) is 0 Å². The number of nitro benzene ring substituents is 1. The predicted molar refractivity (Wildman–Crippen MR) is 69.5 cm³/mol. The zero-order valence-corrected chi connectivity index (χ0v) is 10.6. The third-order valence-corrected chi connectivity index (χ3v) is 2.42. The average molecular weight is 266 g/mol. The molecule has 5 nitrogen and oxygen atoms in total. The molecule has 19 heavy (non-hydrogen) atoms. The van der Waals surface area contributed by atoms with E-state index in [1.165, 1.54) is 6.07 Å². The van der Waals surface area contributed by atoms with Gasteiger partial charge < -0.3 is 4.74 Å². The van der Waals surface area contributed by atoms with E-state index in [0.717, 1.165) is 18.7 Å². The first-order valence-corrected chi connectivity index (χ1v) is 5.73. The van der Waals surface area contributed by atoms with Crippen LogP contribution >= 0.6 is 0 Å². The van der Waals surface area contributed by atoms with Crippen LogP contribution in [0.4, 0.5) is 10.1 Å². The quantitative estimate of drug-likeness (QED) is 0.328. The molecule has 102 valence electrons. The molecule has 0 atom stereocenters. The second-order valence-electron chi connectivity index (χ2n) is 4.01. The fraction of sp³-hybridized carbons (Fsp3) is 0.385. The van der Waals surface area contributed by atoms with Crippen molar-refractivity contribution in [1.29, 1.82) is 0 Å². The molecule has 1 rings (SSSR count). The number of hydrogen-bond acceptors (Lipinski definition) is 4. The standard InChI is InChI=1S/C13H15FN2O3/c1-3-7-15(2)8-4-9-19-13-6-5-11(14)10-12(13)16(17)18/h1,5-6,10H,4,7-9H2,2H3. The second-order valence-corrected chi connectivity index (χ2v) is 4.01.